The normalized spacial score (nSPS) is 11.0. The first kappa shape index (κ1) is 26.2. The van der Waals surface area contributed by atoms with Crippen LogP contribution in [0.4, 0.5) is 0 Å². The Labute approximate surface area is 206 Å². The van der Waals surface area contributed by atoms with E-state index in [-0.39, 0.29) is 11.5 Å². The van der Waals surface area contributed by atoms with E-state index in [1.54, 1.807) is 17.6 Å². The van der Waals surface area contributed by atoms with Crippen LogP contribution in [0.15, 0.2) is 68.6 Å². The molecule has 6 heteroatoms. The van der Waals surface area contributed by atoms with Gasteiger partial charge in [0.2, 0.25) is 5.71 Å². The molecule has 0 N–H and O–H groups in total. The molecule has 0 aliphatic heterocycles. The predicted octanol–water partition coefficient (Wildman–Crippen LogP) is 6.17. The number of fused-ring (bicyclic) bond motifs is 1. The molecule has 1 aromatic carbocycles. The van der Waals surface area contributed by atoms with Gasteiger partial charge in [-0.05, 0) is 49.9 Å². The maximum Gasteiger partial charge on any atom is 0.345 e. The third-order valence-electron chi connectivity index (χ3n) is 6.17. The van der Waals surface area contributed by atoms with Crippen LogP contribution >= 0.6 is 0 Å². The lowest BCUT2D eigenvalue weighted by Gasteiger charge is -2.10. The number of unbranched alkanes of at least 4 members (excludes halogenated alkanes) is 7. The highest BCUT2D eigenvalue weighted by Gasteiger charge is 2.13. The Hall–Kier alpha value is -3.41. The fraction of sp³-hybridized carbons (Fsp3) is 0.414. The lowest BCUT2D eigenvalue weighted by atomic mass is 10.0. The van der Waals surface area contributed by atoms with Gasteiger partial charge in [0.05, 0.1) is 12.2 Å². The molecule has 0 fully saturated rings. The molecule has 0 aliphatic rings. The van der Waals surface area contributed by atoms with Gasteiger partial charge in [0, 0.05) is 23.6 Å². The summed E-state index contributed by atoms with van der Waals surface area (Å²) in [5.41, 5.74) is 2.54. The first-order valence-electron chi connectivity index (χ1n) is 12.4. The molecule has 0 saturated carbocycles. The van der Waals surface area contributed by atoms with Gasteiger partial charge in [0.15, 0.2) is 0 Å². The number of benzene rings is 1. The number of carbonyl (C=O) groups excluding carboxylic acids is 1. The lowest BCUT2D eigenvalue weighted by molar-refractivity contribution is -0.139. The van der Waals surface area contributed by atoms with Crippen LogP contribution in [0.25, 0.3) is 22.2 Å². The van der Waals surface area contributed by atoms with E-state index in [0.717, 1.165) is 67.9 Å². The van der Waals surface area contributed by atoms with E-state index in [1.807, 2.05) is 37.3 Å². The Bertz CT molecular complexity index is 1280. The number of pyridine rings is 1. The molecule has 0 bridgehead atoms. The predicted molar refractivity (Wildman–Crippen MR) is 140 cm³/mol. The molecule has 3 rings (SSSR count). The van der Waals surface area contributed by atoms with Crippen LogP contribution in [0.5, 0.6) is 0 Å². The fourth-order valence-corrected chi connectivity index (χ4v) is 4.15. The van der Waals surface area contributed by atoms with Gasteiger partial charge in [-0.3, -0.25) is 9.36 Å². The Morgan fingerprint density at radius 1 is 0.914 bits per heavy atom. The monoisotopic (exact) mass is 477 g/mol. The highest BCUT2D eigenvalue weighted by Crippen LogP contribution is 2.23. The zero-order valence-corrected chi connectivity index (χ0v) is 20.8. The van der Waals surface area contributed by atoms with Crippen molar-refractivity contribution in [2.45, 2.75) is 71.8 Å². The van der Waals surface area contributed by atoms with Gasteiger partial charge in [-0.25, -0.2) is 9.59 Å². The van der Waals surface area contributed by atoms with Crippen molar-refractivity contribution in [3.05, 3.63) is 81.0 Å². The van der Waals surface area contributed by atoms with Crippen molar-refractivity contribution < 1.29 is 13.9 Å². The largest absolute Gasteiger partial charge is 0.462 e. The van der Waals surface area contributed by atoms with Crippen molar-refractivity contribution in [1.29, 1.82) is 0 Å². The lowest BCUT2D eigenvalue weighted by Crippen LogP contribution is -2.20. The fourth-order valence-electron chi connectivity index (χ4n) is 4.15. The van der Waals surface area contributed by atoms with E-state index >= 15 is 0 Å². The smallest absolute Gasteiger partial charge is 0.345 e. The molecule has 2 heterocycles. The van der Waals surface area contributed by atoms with Crippen molar-refractivity contribution in [2.75, 3.05) is 6.61 Å². The van der Waals surface area contributed by atoms with Crippen LogP contribution in [0.3, 0.4) is 0 Å². The van der Waals surface area contributed by atoms with Crippen molar-refractivity contribution in [3.8, 4) is 11.1 Å². The summed E-state index contributed by atoms with van der Waals surface area (Å²) in [6.07, 6.45) is 8.24. The molecular formula is C29H35NO5. The highest BCUT2D eigenvalue weighted by atomic mass is 16.5. The molecule has 0 radical (unpaired) electrons. The molecule has 6 nitrogen and oxygen atoms in total. The summed E-state index contributed by atoms with van der Waals surface area (Å²) in [4.78, 5) is 36.5. The summed E-state index contributed by atoms with van der Waals surface area (Å²) in [6.45, 7) is 8.15. The maximum atomic E-state index is 12.7. The summed E-state index contributed by atoms with van der Waals surface area (Å²) >= 11 is 0. The molecule has 186 valence electrons. The van der Waals surface area contributed by atoms with Crippen LogP contribution in [-0.4, -0.2) is 17.1 Å². The number of hydrogen-bond donors (Lipinski definition) is 0. The van der Waals surface area contributed by atoms with Crippen LogP contribution in [0, 0.1) is 6.92 Å². The number of aryl methyl sites for hydroxylation is 2. The zero-order chi connectivity index (χ0) is 25.2. The van der Waals surface area contributed by atoms with Crippen molar-refractivity contribution in [2.24, 2.45) is 0 Å². The van der Waals surface area contributed by atoms with Gasteiger partial charge in [-0.2, -0.15) is 0 Å². The number of aromatic nitrogens is 1. The van der Waals surface area contributed by atoms with E-state index in [9.17, 15) is 14.4 Å². The Kier molecular flexibility index (Phi) is 9.65. The molecule has 0 atom stereocenters. The Morgan fingerprint density at radius 2 is 1.57 bits per heavy atom. The van der Waals surface area contributed by atoms with E-state index in [0.29, 0.717) is 30.0 Å². The second-order valence-corrected chi connectivity index (χ2v) is 9.09. The molecule has 0 spiro atoms. The summed E-state index contributed by atoms with van der Waals surface area (Å²) in [5, 5.41) is 0.747. The maximum absolute atomic E-state index is 12.7. The molecular weight excluding hydrogens is 442 g/mol. The Balaban J connectivity index is 1.47. The summed E-state index contributed by atoms with van der Waals surface area (Å²) in [5.74, 6) is -0.318. The number of nitrogens with zero attached hydrogens (tertiary/aromatic N) is 1. The molecule has 0 saturated heterocycles. The summed E-state index contributed by atoms with van der Waals surface area (Å²) in [6, 6.07) is 12.8. The van der Waals surface area contributed by atoms with Crippen LogP contribution in [-0.2, 0) is 16.1 Å². The van der Waals surface area contributed by atoms with E-state index in [4.69, 9.17) is 9.15 Å². The standard InChI is InChI=1S/C29H35NO5/c1-21(2)28(32)34-19-13-9-7-5-4-6-8-12-18-30-26(31)17-16-23-20-25(29(33)35-27(23)30)24-15-11-10-14-22(24)3/h10-11,14-17,20H,1,4-9,12-13,18-19H2,2-3H3. The topological polar surface area (TPSA) is 78.5 Å². The van der Waals surface area contributed by atoms with Crippen molar-refractivity contribution in [3.63, 3.8) is 0 Å². The molecule has 35 heavy (non-hydrogen) atoms. The zero-order valence-electron chi connectivity index (χ0n) is 20.8. The third kappa shape index (κ3) is 7.28. The van der Waals surface area contributed by atoms with Crippen LogP contribution in [0.1, 0.15) is 63.9 Å². The molecule has 0 aliphatic carbocycles. The summed E-state index contributed by atoms with van der Waals surface area (Å²) in [7, 11) is 0. The molecule has 0 amide bonds. The first-order chi connectivity index (χ1) is 16.9. The number of hydrogen-bond acceptors (Lipinski definition) is 5. The third-order valence-corrected chi connectivity index (χ3v) is 6.17. The van der Waals surface area contributed by atoms with Gasteiger partial charge < -0.3 is 9.15 Å². The second-order valence-electron chi connectivity index (χ2n) is 9.09. The average Bonchev–Trinajstić information content (AvgIpc) is 2.83. The van der Waals surface area contributed by atoms with E-state index < -0.39 is 5.63 Å². The SMILES string of the molecule is C=C(C)C(=O)OCCCCCCCCCCn1c(=O)ccc2cc(-c3ccccc3C)c(=O)oc21. The minimum atomic E-state index is -0.430. The van der Waals surface area contributed by atoms with E-state index in [1.165, 1.54) is 6.07 Å². The minimum absolute atomic E-state index is 0.156. The van der Waals surface area contributed by atoms with Gasteiger partial charge in [0.1, 0.15) is 0 Å². The van der Waals surface area contributed by atoms with Crippen LogP contribution in [0.2, 0.25) is 0 Å². The molecule has 2 aromatic heterocycles. The van der Waals surface area contributed by atoms with Crippen molar-refractivity contribution in [1.82, 2.24) is 4.57 Å². The first-order valence-corrected chi connectivity index (χ1v) is 12.4. The van der Waals surface area contributed by atoms with Gasteiger partial charge >= 0.3 is 11.6 Å². The number of ether oxygens (including phenoxy) is 1. The average molecular weight is 478 g/mol. The Morgan fingerprint density at radius 3 is 2.26 bits per heavy atom. The summed E-state index contributed by atoms with van der Waals surface area (Å²) < 4.78 is 12.3. The minimum Gasteiger partial charge on any atom is -0.462 e. The highest BCUT2D eigenvalue weighted by molar-refractivity contribution is 5.86. The van der Waals surface area contributed by atoms with Crippen molar-refractivity contribution >= 4 is 17.1 Å². The molecule has 0 unspecified atom stereocenters. The van der Waals surface area contributed by atoms with Gasteiger partial charge in [0.25, 0.3) is 5.56 Å². The molecule has 3 aromatic rings. The van der Waals surface area contributed by atoms with Gasteiger partial charge in [-0.15, -0.1) is 0 Å². The van der Waals surface area contributed by atoms with Gasteiger partial charge in [-0.1, -0.05) is 69.4 Å². The quantitative estimate of drug-likeness (QED) is 0.167. The second kappa shape index (κ2) is 12.9. The van der Waals surface area contributed by atoms with E-state index in [2.05, 4.69) is 6.58 Å². The van der Waals surface area contributed by atoms with Crippen LogP contribution < -0.4 is 11.2 Å². The number of rotatable bonds is 13. The number of carbonyl (C=O) groups is 1. The number of esters is 1.